The summed E-state index contributed by atoms with van der Waals surface area (Å²) in [6.07, 6.45) is 0. The van der Waals surface area contributed by atoms with Crippen molar-refractivity contribution in [2.45, 2.75) is 24.1 Å². The Bertz CT molecular complexity index is 1390. The smallest absolute Gasteiger partial charge is 0.192 e. The van der Waals surface area contributed by atoms with Gasteiger partial charge in [0, 0.05) is 26.7 Å². The Morgan fingerprint density at radius 2 is 1.57 bits per heavy atom. The first-order valence-electron chi connectivity index (χ1n) is 10.8. The first-order chi connectivity index (χ1) is 17.1. The Morgan fingerprint density at radius 1 is 0.857 bits per heavy atom. The summed E-state index contributed by atoms with van der Waals surface area (Å²) < 4.78 is 8.05. The van der Waals surface area contributed by atoms with Crippen LogP contribution >= 0.6 is 46.3 Å². The van der Waals surface area contributed by atoms with E-state index in [9.17, 15) is 0 Å². The van der Waals surface area contributed by atoms with Crippen molar-refractivity contribution in [1.82, 2.24) is 19.7 Å². The summed E-state index contributed by atoms with van der Waals surface area (Å²) in [4.78, 5) is 4.79. The van der Waals surface area contributed by atoms with Crippen LogP contribution in [0.5, 0.6) is 5.75 Å². The molecule has 5 nitrogen and oxygen atoms in total. The van der Waals surface area contributed by atoms with E-state index in [1.807, 2.05) is 54.6 Å². The minimum atomic E-state index is 0.305. The fourth-order valence-electron chi connectivity index (χ4n) is 3.37. The van der Waals surface area contributed by atoms with Crippen molar-refractivity contribution in [3.63, 3.8) is 0 Å². The molecule has 0 unspecified atom stereocenters. The maximum absolute atomic E-state index is 6.01. The number of benzene rings is 3. The monoisotopic (exact) mass is 538 g/mol. The van der Waals surface area contributed by atoms with Gasteiger partial charge in [0.1, 0.15) is 17.4 Å². The summed E-state index contributed by atoms with van der Waals surface area (Å²) >= 11 is 15.2. The van der Waals surface area contributed by atoms with E-state index < -0.39 is 0 Å². The van der Waals surface area contributed by atoms with Crippen molar-refractivity contribution in [1.29, 1.82) is 0 Å². The summed E-state index contributed by atoms with van der Waals surface area (Å²) in [7, 11) is 0. The fraction of sp³-hybridized carbons (Fsp3) is 0.115. The van der Waals surface area contributed by atoms with Crippen LogP contribution in [0.4, 0.5) is 0 Å². The van der Waals surface area contributed by atoms with E-state index in [4.69, 9.17) is 32.9 Å². The van der Waals surface area contributed by atoms with Crippen molar-refractivity contribution in [3.8, 4) is 16.3 Å². The maximum atomic E-state index is 6.01. The van der Waals surface area contributed by atoms with E-state index in [2.05, 4.69) is 32.3 Å². The molecule has 0 saturated carbocycles. The highest BCUT2D eigenvalue weighted by Crippen LogP contribution is 2.29. The summed E-state index contributed by atoms with van der Waals surface area (Å²) in [5, 5.41) is 14.2. The number of ether oxygens (including phenoxy) is 1. The Morgan fingerprint density at radius 3 is 2.31 bits per heavy atom. The molecule has 0 radical (unpaired) electrons. The van der Waals surface area contributed by atoms with Crippen LogP contribution in [-0.4, -0.2) is 19.7 Å². The summed E-state index contributed by atoms with van der Waals surface area (Å²) in [6, 6.07) is 25.3. The molecule has 0 amide bonds. The molecule has 9 heteroatoms. The predicted molar refractivity (Wildman–Crippen MR) is 143 cm³/mol. The largest absolute Gasteiger partial charge is 0.486 e. The average molecular weight is 540 g/mol. The highest BCUT2D eigenvalue weighted by Gasteiger charge is 2.15. The molecule has 2 aromatic heterocycles. The number of nitrogens with zero attached hydrogens (tertiary/aromatic N) is 4. The summed E-state index contributed by atoms with van der Waals surface area (Å²) in [6.45, 7) is 0.960. The second-order valence-electron chi connectivity index (χ2n) is 7.65. The summed E-state index contributed by atoms with van der Waals surface area (Å²) in [5.41, 5.74) is 3.23. The van der Waals surface area contributed by atoms with Crippen molar-refractivity contribution < 1.29 is 4.74 Å². The lowest BCUT2D eigenvalue weighted by molar-refractivity contribution is 0.289. The van der Waals surface area contributed by atoms with Crippen LogP contribution < -0.4 is 4.74 Å². The third-order valence-corrected chi connectivity index (χ3v) is 7.60. The molecule has 176 valence electrons. The SMILES string of the molecule is Clc1ccc(OCc2nnc(SCc3csc(-c4ccc(Cl)cc4)n3)n2Cc2ccccc2)cc1. The highest BCUT2D eigenvalue weighted by atomic mass is 35.5. The van der Waals surface area contributed by atoms with Gasteiger partial charge in [0.05, 0.1) is 12.2 Å². The lowest BCUT2D eigenvalue weighted by Gasteiger charge is -2.11. The lowest BCUT2D eigenvalue weighted by Crippen LogP contribution is -2.09. The van der Waals surface area contributed by atoms with Crippen LogP contribution in [-0.2, 0) is 18.9 Å². The van der Waals surface area contributed by atoms with Crippen molar-refractivity contribution in [3.05, 3.63) is 111 Å². The van der Waals surface area contributed by atoms with Crippen LogP contribution in [0.1, 0.15) is 17.1 Å². The molecule has 0 N–H and O–H groups in total. The molecular weight excluding hydrogens is 519 g/mol. The van der Waals surface area contributed by atoms with Crippen LogP contribution in [0.15, 0.2) is 89.4 Å². The number of thiazole rings is 1. The van der Waals surface area contributed by atoms with Gasteiger partial charge in [0.15, 0.2) is 11.0 Å². The highest BCUT2D eigenvalue weighted by molar-refractivity contribution is 7.98. The fourth-order valence-corrected chi connectivity index (χ4v) is 5.41. The Kier molecular flexibility index (Phi) is 7.69. The molecule has 3 aromatic carbocycles. The van der Waals surface area contributed by atoms with E-state index in [1.165, 1.54) is 5.56 Å². The third-order valence-electron chi connectivity index (χ3n) is 5.15. The van der Waals surface area contributed by atoms with Gasteiger partial charge >= 0.3 is 0 Å². The first kappa shape index (κ1) is 23.9. The van der Waals surface area contributed by atoms with E-state index in [-0.39, 0.29) is 0 Å². The van der Waals surface area contributed by atoms with Gasteiger partial charge in [0.25, 0.3) is 0 Å². The van der Waals surface area contributed by atoms with Gasteiger partial charge in [-0.05, 0) is 42.0 Å². The third kappa shape index (κ3) is 6.24. The zero-order valence-electron chi connectivity index (χ0n) is 18.5. The Hall–Kier alpha value is -2.84. The molecule has 35 heavy (non-hydrogen) atoms. The second-order valence-corrected chi connectivity index (χ2v) is 10.3. The number of thioether (sulfide) groups is 1. The first-order valence-corrected chi connectivity index (χ1v) is 13.4. The minimum Gasteiger partial charge on any atom is -0.486 e. The van der Waals surface area contributed by atoms with Gasteiger partial charge in [-0.25, -0.2) is 4.98 Å². The second kappa shape index (κ2) is 11.3. The Labute approximate surface area is 221 Å². The molecular formula is C26H20Cl2N4OS2. The predicted octanol–water partition coefficient (Wildman–Crippen LogP) is 7.63. The maximum Gasteiger partial charge on any atom is 0.192 e. The van der Waals surface area contributed by atoms with Gasteiger partial charge in [-0.15, -0.1) is 21.5 Å². The minimum absolute atomic E-state index is 0.305. The van der Waals surface area contributed by atoms with E-state index in [0.29, 0.717) is 23.9 Å². The van der Waals surface area contributed by atoms with E-state index in [0.717, 1.165) is 38.0 Å². The van der Waals surface area contributed by atoms with Gasteiger partial charge in [-0.1, -0.05) is 77.4 Å². The topological polar surface area (TPSA) is 52.8 Å². The van der Waals surface area contributed by atoms with Crippen molar-refractivity contribution in [2.75, 3.05) is 0 Å². The molecule has 0 aliphatic carbocycles. The molecule has 0 atom stereocenters. The standard InChI is InChI=1S/C26H20Cl2N4OS2/c27-20-8-6-19(7-9-20)25-29-22(16-34-25)17-35-26-31-30-24(15-33-23-12-10-21(28)11-13-23)32(26)14-18-4-2-1-3-5-18/h1-13,16H,14-15,17H2. The number of rotatable bonds is 9. The van der Waals surface area contributed by atoms with Crippen molar-refractivity contribution in [2.24, 2.45) is 0 Å². The normalized spacial score (nSPS) is 11.0. The molecule has 0 fully saturated rings. The quantitative estimate of drug-likeness (QED) is 0.180. The van der Waals surface area contributed by atoms with Crippen LogP contribution in [0.25, 0.3) is 10.6 Å². The molecule has 2 heterocycles. The molecule has 0 spiro atoms. The van der Waals surface area contributed by atoms with Gasteiger partial charge in [-0.2, -0.15) is 0 Å². The number of aromatic nitrogens is 4. The zero-order chi connectivity index (χ0) is 24.0. The molecule has 5 aromatic rings. The number of hydrogen-bond donors (Lipinski definition) is 0. The van der Waals surface area contributed by atoms with Crippen LogP contribution in [0.2, 0.25) is 10.0 Å². The Balaban J connectivity index is 1.32. The number of halogens is 2. The summed E-state index contributed by atoms with van der Waals surface area (Å²) in [5.74, 6) is 2.18. The van der Waals surface area contributed by atoms with E-state index in [1.54, 1.807) is 35.2 Å². The van der Waals surface area contributed by atoms with Gasteiger partial charge in [-0.3, -0.25) is 4.57 Å². The molecule has 0 saturated heterocycles. The molecule has 0 aliphatic heterocycles. The average Bonchev–Trinajstić information content (AvgIpc) is 3.51. The van der Waals surface area contributed by atoms with Gasteiger partial charge in [0.2, 0.25) is 0 Å². The lowest BCUT2D eigenvalue weighted by atomic mass is 10.2. The van der Waals surface area contributed by atoms with E-state index >= 15 is 0 Å². The van der Waals surface area contributed by atoms with Crippen LogP contribution in [0, 0.1) is 0 Å². The van der Waals surface area contributed by atoms with Crippen molar-refractivity contribution >= 4 is 46.3 Å². The molecule has 5 rings (SSSR count). The van der Waals surface area contributed by atoms with Crippen LogP contribution in [0.3, 0.4) is 0 Å². The van der Waals surface area contributed by atoms with Gasteiger partial charge < -0.3 is 4.74 Å². The molecule has 0 bridgehead atoms. The molecule has 0 aliphatic rings. The zero-order valence-corrected chi connectivity index (χ0v) is 21.6. The number of hydrogen-bond acceptors (Lipinski definition) is 6.